The third-order valence-corrected chi connectivity index (χ3v) is 3.05. The van der Waals surface area contributed by atoms with E-state index in [1.54, 1.807) is 0 Å². The van der Waals surface area contributed by atoms with Gasteiger partial charge in [0.05, 0.1) is 12.0 Å². The monoisotopic (exact) mass is 269 g/mol. The second-order valence-corrected chi connectivity index (χ2v) is 5.16. The van der Waals surface area contributed by atoms with Crippen molar-refractivity contribution >= 4 is 25.4 Å². The number of benzene rings is 1. The molecule has 1 rings (SSSR count). The van der Waals surface area contributed by atoms with Crippen molar-refractivity contribution in [3.8, 4) is 5.75 Å². The number of hydrogen-bond donors (Lipinski definition) is 0. The van der Waals surface area contributed by atoms with Crippen LogP contribution in [0.3, 0.4) is 0 Å². The van der Waals surface area contributed by atoms with Crippen LogP contribution in [-0.2, 0) is 9.05 Å². The molecule has 6 nitrogen and oxygen atoms in total. The van der Waals surface area contributed by atoms with Gasteiger partial charge in [0.25, 0.3) is 9.05 Å². The number of nitrogens with zero attached hydrogens (tertiary/aromatic N) is 1. The van der Waals surface area contributed by atoms with E-state index >= 15 is 0 Å². The van der Waals surface area contributed by atoms with Crippen molar-refractivity contribution in [1.29, 1.82) is 0 Å². The first-order chi connectivity index (χ1) is 7.29. The standard InChI is InChI=1S/C7H5ClFNO5S/c1-15-7-5(16(8,13)14)3-2-4(6(7)9)10(11)12/h2-3H,1H3. The molecule has 0 spiro atoms. The average Bonchev–Trinajstić information content (AvgIpc) is 2.15. The van der Waals surface area contributed by atoms with Crippen LogP contribution in [0.2, 0.25) is 0 Å². The highest BCUT2D eigenvalue weighted by atomic mass is 35.7. The third-order valence-electron chi connectivity index (χ3n) is 1.70. The number of nitro groups is 1. The van der Waals surface area contributed by atoms with Crippen LogP contribution >= 0.6 is 10.7 Å². The highest BCUT2D eigenvalue weighted by Gasteiger charge is 2.27. The molecule has 1 aromatic rings. The zero-order chi connectivity index (χ0) is 12.5. The lowest BCUT2D eigenvalue weighted by atomic mass is 10.3. The predicted molar refractivity (Wildman–Crippen MR) is 52.6 cm³/mol. The molecule has 0 saturated carbocycles. The van der Waals surface area contributed by atoms with E-state index in [1.165, 1.54) is 0 Å². The maximum atomic E-state index is 13.4. The van der Waals surface area contributed by atoms with Crippen LogP contribution in [0.25, 0.3) is 0 Å². The molecule has 16 heavy (non-hydrogen) atoms. The Labute approximate surface area is 94.2 Å². The molecule has 9 heteroatoms. The Balaban J connectivity index is 3.60. The fourth-order valence-corrected chi connectivity index (χ4v) is 2.04. The Bertz CT molecular complexity index is 544. The molecule has 0 aliphatic carbocycles. The number of hydrogen-bond acceptors (Lipinski definition) is 5. The van der Waals surface area contributed by atoms with E-state index in [2.05, 4.69) is 4.74 Å². The average molecular weight is 270 g/mol. The Kier molecular flexibility index (Phi) is 3.34. The highest BCUT2D eigenvalue weighted by molar-refractivity contribution is 8.13. The van der Waals surface area contributed by atoms with Gasteiger partial charge in [-0.3, -0.25) is 10.1 Å². The van der Waals surface area contributed by atoms with Crippen LogP contribution in [-0.4, -0.2) is 20.5 Å². The predicted octanol–water partition coefficient (Wildman–Crippen LogP) is 1.67. The fourth-order valence-electron chi connectivity index (χ4n) is 1.05. The van der Waals surface area contributed by atoms with E-state index in [-0.39, 0.29) is 0 Å². The van der Waals surface area contributed by atoms with Crippen LogP contribution in [0.5, 0.6) is 5.75 Å². The zero-order valence-electron chi connectivity index (χ0n) is 7.81. The Hall–Kier alpha value is -1.41. The summed E-state index contributed by atoms with van der Waals surface area (Å²) in [6.07, 6.45) is 0. The maximum Gasteiger partial charge on any atom is 0.308 e. The van der Waals surface area contributed by atoms with Gasteiger partial charge in [0.1, 0.15) is 4.90 Å². The Morgan fingerprint density at radius 1 is 1.50 bits per heavy atom. The van der Waals surface area contributed by atoms with E-state index in [1.807, 2.05) is 0 Å². The molecule has 0 atom stereocenters. The summed E-state index contributed by atoms with van der Waals surface area (Å²) in [6.45, 7) is 0. The third kappa shape index (κ3) is 2.22. The van der Waals surface area contributed by atoms with Crippen molar-refractivity contribution in [2.75, 3.05) is 7.11 Å². The van der Waals surface area contributed by atoms with E-state index in [9.17, 15) is 22.9 Å². The number of methoxy groups -OCH3 is 1. The second kappa shape index (κ2) is 4.22. The molecule has 1 aromatic carbocycles. The van der Waals surface area contributed by atoms with Gasteiger partial charge in [0.15, 0.2) is 5.75 Å². The van der Waals surface area contributed by atoms with Crippen LogP contribution in [0.4, 0.5) is 10.1 Å². The normalized spacial score (nSPS) is 11.2. The smallest absolute Gasteiger partial charge is 0.308 e. The van der Waals surface area contributed by atoms with Gasteiger partial charge in [0, 0.05) is 16.7 Å². The SMILES string of the molecule is COc1c(S(=O)(=O)Cl)ccc([N+](=O)[O-])c1F. The molecule has 0 heterocycles. The summed E-state index contributed by atoms with van der Waals surface area (Å²) < 4.78 is 39.9. The molecule has 0 fully saturated rings. The lowest BCUT2D eigenvalue weighted by Gasteiger charge is -2.06. The molecule has 0 N–H and O–H groups in total. The van der Waals surface area contributed by atoms with Crippen molar-refractivity contribution in [2.45, 2.75) is 4.90 Å². The summed E-state index contributed by atoms with van der Waals surface area (Å²) in [6, 6.07) is 1.51. The van der Waals surface area contributed by atoms with Crippen LogP contribution < -0.4 is 4.74 Å². The van der Waals surface area contributed by atoms with Gasteiger partial charge in [-0.2, -0.15) is 4.39 Å². The lowest BCUT2D eigenvalue weighted by molar-refractivity contribution is -0.387. The second-order valence-electron chi connectivity index (χ2n) is 2.63. The van der Waals surface area contributed by atoms with Gasteiger partial charge in [-0.1, -0.05) is 0 Å². The van der Waals surface area contributed by atoms with Crippen molar-refractivity contribution < 1.29 is 22.5 Å². The van der Waals surface area contributed by atoms with Gasteiger partial charge < -0.3 is 4.74 Å². The largest absolute Gasteiger partial charge is 0.492 e. The quantitative estimate of drug-likeness (QED) is 0.473. The number of halogens is 2. The van der Waals surface area contributed by atoms with E-state index in [0.29, 0.717) is 6.07 Å². The summed E-state index contributed by atoms with van der Waals surface area (Å²) in [7, 11) is 1.76. The van der Waals surface area contributed by atoms with Gasteiger partial charge in [-0.25, -0.2) is 8.42 Å². The van der Waals surface area contributed by atoms with Crippen LogP contribution in [0, 0.1) is 15.9 Å². The fraction of sp³-hybridized carbons (Fsp3) is 0.143. The Morgan fingerprint density at radius 3 is 2.44 bits per heavy atom. The number of nitro benzene ring substituents is 1. The van der Waals surface area contributed by atoms with Gasteiger partial charge in [0.2, 0.25) is 5.82 Å². The Morgan fingerprint density at radius 2 is 2.06 bits per heavy atom. The van der Waals surface area contributed by atoms with Gasteiger partial charge >= 0.3 is 5.69 Å². The molecule has 0 saturated heterocycles. The molecule has 0 bridgehead atoms. The van der Waals surface area contributed by atoms with Crippen LogP contribution in [0.15, 0.2) is 17.0 Å². The van der Waals surface area contributed by atoms with Crippen molar-refractivity contribution in [3.05, 3.63) is 28.1 Å². The molecule has 0 aliphatic rings. The first-order valence-electron chi connectivity index (χ1n) is 3.74. The van der Waals surface area contributed by atoms with E-state index in [0.717, 1.165) is 13.2 Å². The van der Waals surface area contributed by atoms with Crippen molar-refractivity contribution in [3.63, 3.8) is 0 Å². The first-order valence-corrected chi connectivity index (χ1v) is 6.05. The number of ether oxygens (including phenoxy) is 1. The highest BCUT2D eigenvalue weighted by Crippen LogP contribution is 2.34. The maximum absolute atomic E-state index is 13.4. The minimum absolute atomic E-state index is 0.653. The van der Waals surface area contributed by atoms with E-state index in [4.69, 9.17) is 10.7 Å². The molecular formula is C7H5ClFNO5S. The molecule has 0 radical (unpaired) electrons. The summed E-state index contributed by atoms with van der Waals surface area (Å²) in [4.78, 5) is 8.73. The van der Waals surface area contributed by atoms with Crippen LogP contribution in [0.1, 0.15) is 0 Å². The summed E-state index contributed by atoms with van der Waals surface area (Å²) in [5, 5.41) is 10.4. The molecule has 0 aliphatic heterocycles. The number of rotatable bonds is 3. The van der Waals surface area contributed by atoms with Crippen molar-refractivity contribution in [2.24, 2.45) is 0 Å². The summed E-state index contributed by atoms with van der Waals surface area (Å²) in [5.74, 6) is -2.15. The topological polar surface area (TPSA) is 86.5 Å². The molecule has 0 unspecified atom stereocenters. The van der Waals surface area contributed by atoms with Gasteiger partial charge in [-0.15, -0.1) is 0 Å². The summed E-state index contributed by atoms with van der Waals surface area (Å²) in [5.41, 5.74) is -0.888. The first kappa shape index (κ1) is 12.7. The lowest BCUT2D eigenvalue weighted by Crippen LogP contribution is -2.02. The molecule has 0 amide bonds. The summed E-state index contributed by atoms with van der Waals surface area (Å²) >= 11 is 0. The minimum Gasteiger partial charge on any atom is -0.492 e. The van der Waals surface area contributed by atoms with E-state index < -0.39 is 36.1 Å². The molecular weight excluding hydrogens is 265 g/mol. The molecule has 88 valence electrons. The minimum atomic E-state index is -4.23. The van der Waals surface area contributed by atoms with Crippen molar-refractivity contribution in [1.82, 2.24) is 0 Å². The zero-order valence-corrected chi connectivity index (χ0v) is 9.38. The van der Waals surface area contributed by atoms with Gasteiger partial charge in [-0.05, 0) is 6.07 Å². The molecule has 0 aromatic heterocycles.